The lowest BCUT2D eigenvalue weighted by Gasteiger charge is -2.26. The molecule has 1 heterocycles. The Kier molecular flexibility index (Phi) is 5.73. The van der Waals surface area contributed by atoms with Gasteiger partial charge in [0.2, 0.25) is 10.0 Å². The molecule has 1 saturated heterocycles. The minimum Gasteiger partial charge on any atom is -0.489 e. The van der Waals surface area contributed by atoms with E-state index in [1.807, 2.05) is 0 Å². The molecule has 0 amide bonds. The zero-order valence-electron chi connectivity index (χ0n) is 14.3. The van der Waals surface area contributed by atoms with Crippen molar-refractivity contribution in [3.8, 4) is 5.75 Å². The lowest BCUT2D eigenvalue weighted by atomic mass is 10.1. The summed E-state index contributed by atoms with van der Waals surface area (Å²) >= 11 is 0. The summed E-state index contributed by atoms with van der Waals surface area (Å²) in [5.41, 5.74) is -0.370. The van der Waals surface area contributed by atoms with Gasteiger partial charge in [0.15, 0.2) is 0 Å². The van der Waals surface area contributed by atoms with Gasteiger partial charge in [-0.2, -0.15) is 17.5 Å². The molecule has 27 heavy (non-hydrogen) atoms. The Morgan fingerprint density at radius 1 is 1.04 bits per heavy atom. The van der Waals surface area contributed by atoms with Gasteiger partial charge in [-0.05, 0) is 42.0 Å². The molecule has 0 radical (unpaired) electrons. The maximum Gasteiger partial charge on any atom is 0.416 e. The number of ether oxygens (including phenoxy) is 2. The average Bonchev–Trinajstić information content (AvgIpc) is 2.67. The second-order valence-electron chi connectivity index (χ2n) is 5.97. The maximum absolute atomic E-state index is 12.7. The van der Waals surface area contributed by atoms with Gasteiger partial charge in [-0.15, -0.1) is 0 Å². The summed E-state index contributed by atoms with van der Waals surface area (Å²) in [5.74, 6) is 0.369. The molecule has 0 atom stereocenters. The summed E-state index contributed by atoms with van der Waals surface area (Å²) < 4.78 is 75.2. The molecule has 2 aromatic rings. The number of benzene rings is 2. The Hall–Kier alpha value is -2.10. The predicted molar refractivity (Wildman–Crippen MR) is 91.8 cm³/mol. The molecule has 3 rings (SSSR count). The summed E-state index contributed by atoms with van der Waals surface area (Å²) in [6, 6.07) is 10.7. The Balaban J connectivity index is 1.66. The van der Waals surface area contributed by atoms with Gasteiger partial charge in [0.1, 0.15) is 12.4 Å². The van der Waals surface area contributed by atoms with Crippen LogP contribution in [-0.4, -0.2) is 39.0 Å². The number of halogens is 3. The molecule has 0 spiro atoms. The zero-order valence-corrected chi connectivity index (χ0v) is 15.1. The Labute approximate surface area is 155 Å². The fraction of sp³-hybridized carbons (Fsp3) is 0.333. The lowest BCUT2D eigenvalue weighted by molar-refractivity contribution is -0.137. The molecule has 0 unspecified atom stereocenters. The van der Waals surface area contributed by atoms with E-state index in [9.17, 15) is 21.6 Å². The van der Waals surface area contributed by atoms with Crippen molar-refractivity contribution in [2.45, 2.75) is 17.7 Å². The molecule has 0 aliphatic carbocycles. The molecule has 2 aromatic carbocycles. The number of morpholine rings is 1. The molecule has 5 nitrogen and oxygen atoms in total. The smallest absolute Gasteiger partial charge is 0.416 e. The van der Waals surface area contributed by atoms with E-state index in [4.69, 9.17) is 9.47 Å². The molecule has 0 N–H and O–H groups in total. The monoisotopic (exact) mass is 401 g/mol. The number of hydrogen-bond acceptors (Lipinski definition) is 4. The van der Waals surface area contributed by atoms with Crippen molar-refractivity contribution >= 4 is 10.0 Å². The van der Waals surface area contributed by atoms with Crippen LogP contribution in [0, 0.1) is 0 Å². The van der Waals surface area contributed by atoms with E-state index < -0.39 is 21.8 Å². The highest BCUT2D eigenvalue weighted by Crippen LogP contribution is 2.30. The predicted octanol–water partition coefficient (Wildman–Crippen LogP) is 3.31. The minimum atomic E-state index is -4.41. The third-order valence-corrected chi connectivity index (χ3v) is 6.00. The van der Waals surface area contributed by atoms with Crippen LogP contribution < -0.4 is 4.74 Å². The first-order chi connectivity index (χ1) is 12.8. The van der Waals surface area contributed by atoms with Crippen LogP contribution in [0.15, 0.2) is 53.4 Å². The van der Waals surface area contributed by atoms with E-state index in [1.54, 1.807) is 0 Å². The van der Waals surface area contributed by atoms with E-state index in [-0.39, 0.29) is 11.5 Å². The summed E-state index contributed by atoms with van der Waals surface area (Å²) in [5, 5.41) is 0. The zero-order chi connectivity index (χ0) is 19.5. The third kappa shape index (κ3) is 4.79. The van der Waals surface area contributed by atoms with E-state index in [0.717, 1.165) is 12.1 Å². The standard InChI is InChI=1S/C18H18F3NO4S/c19-18(20,21)15-3-1-2-14(12-15)13-26-16-4-6-17(7-5-16)27(23,24)22-8-10-25-11-9-22/h1-7,12H,8-11,13H2. The number of rotatable bonds is 5. The number of nitrogens with zero attached hydrogens (tertiary/aromatic N) is 1. The molecule has 1 aliphatic heterocycles. The highest BCUT2D eigenvalue weighted by Gasteiger charge is 2.30. The molecular weight excluding hydrogens is 383 g/mol. The fourth-order valence-electron chi connectivity index (χ4n) is 2.65. The highest BCUT2D eigenvalue weighted by molar-refractivity contribution is 7.89. The van der Waals surface area contributed by atoms with Gasteiger partial charge < -0.3 is 9.47 Å². The first kappa shape index (κ1) is 19.7. The van der Waals surface area contributed by atoms with Gasteiger partial charge in [-0.25, -0.2) is 8.42 Å². The topological polar surface area (TPSA) is 55.8 Å². The summed E-state index contributed by atoms with van der Waals surface area (Å²) in [6.07, 6.45) is -4.41. The van der Waals surface area contributed by atoms with Crippen LogP contribution >= 0.6 is 0 Å². The summed E-state index contributed by atoms with van der Waals surface area (Å²) in [6.45, 7) is 1.26. The Morgan fingerprint density at radius 3 is 2.33 bits per heavy atom. The van der Waals surface area contributed by atoms with Crippen molar-refractivity contribution in [3.05, 3.63) is 59.7 Å². The van der Waals surface area contributed by atoms with Crippen LogP contribution in [0.4, 0.5) is 13.2 Å². The van der Waals surface area contributed by atoms with Crippen LogP contribution in [-0.2, 0) is 27.5 Å². The Bertz CT molecular complexity index is 876. The van der Waals surface area contributed by atoms with Crippen molar-refractivity contribution in [2.75, 3.05) is 26.3 Å². The highest BCUT2D eigenvalue weighted by atomic mass is 32.2. The molecule has 0 saturated carbocycles. The molecule has 0 aromatic heterocycles. The van der Waals surface area contributed by atoms with Gasteiger partial charge in [-0.1, -0.05) is 12.1 Å². The van der Waals surface area contributed by atoms with Crippen LogP contribution in [0.2, 0.25) is 0 Å². The summed E-state index contributed by atoms with van der Waals surface area (Å²) in [7, 11) is -3.60. The van der Waals surface area contributed by atoms with E-state index >= 15 is 0 Å². The van der Waals surface area contributed by atoms with Crippen LogP contribution in [0.1, 0.15) is 11.1 Å². The van der Waals surface area contributed by atoms with Gasteiger partial charge in [-0.3, -0.25) is 0 Å². The SMILES string of the molecule is O=S(=O)(c1ccc(OCc2cccc(C(F)(F)F)c2)cc1)N1CCOCC1. The van der Waals surface area contributed by atoms with E-state index in [0.29, 0.717) is 37.6 Å². The number of alkyl halides is 3. The molecular formula is C18H18F3NO4S. The number of hydrogen-bond donors (Lipinski definition) is 0. The van der Waals surface area contributed by atoms with Gasteiger partial charge in [0, 0.05) is 13.1 Å². The lowest BCUT2D eigenvalue weighted by Crippen LogP contribution is -2.40. The second-order valence-corrected chi connectivity index (χ2v) is 7.91. The van der Waals surface area contributed by atoms with Crippen molar-refractivity contribution in [3.63, 3.8) is 0 Å². The van der Waals surface area contributed by atoms with E-state index in [2.05, 4.69) is 0 Å². The van der Waals surface area contributed by atoms with Crippen LogP contribution in [0.5, 0.6) is 5.75 Å². The quantitative estimate of drug-likeness (QED) is 0.772. The maximum atomic E-state index is 12.7. The molecule has 0 bridgehead atoms. The normalized spacial score (nSPS) is 16.3. The van der Waals surface area contributed by atoms with Crippen LogP contribution in [0.3, 0.4) is 0 Å². The van der Waals surface area contributed by atoms with Crippen LogP contribution in [0.25, 0.3) is 0 Å². The van der Waals surface area contributed by atoms with E-state index in [1.165, 1.54) is 40.7 Å². The summed E-state index contributed by atoms with van der Waals surface area (Å²) in [4.78, 5) is 0.135. The fourth-order valence-corrected chi connectivity index (χ4v) is 4.06. The van der Waals surface area contributed by atoms with Crippen molar-refractivity contribution in [2.24, 2.45) is 0 Å². The molecule has 9 heteroatoms. The third-order valence-electron chi connectivity index (χ3n) is 4.09. The average molecular weight is 401 g/mol. The van der Waals surface area contributed by atoms with Gasteiger partial charge in [0.05, 0.1) is 23.7 Å². The Morgan fingerprint density at radius 2 is 1.70 bits per heavy atom. The van der Waals surface area contributed by atoms with Crippen molar-refractivity contribution < 1.29 is 31.1 Å². The second kappa shape index (κ2) is 7.87. The molecule has 1 fully saturated rings. The van der Waals surface area contributed by atoms with Crippen molar-refractivity contribution in [1.29, 1.82) is 0 Å². The first-order valence-electron chi connectivity index (χ1n) is 8.24. The number of sulfonamides is 1. The van der Waals surface area contributed by atoms with Gasteiger partial charge >= 0.3 is 6.18 Å². The minimum absolute atomic E-state index is 0.0561. The largest absolute Gasteiger partial charge is 0.489 e. The van der Waals surface area contributed by atoms with Gasteiger partial charge in [0.25, 0.3) is 0 Å². The first-order valence-corrected chi connectivity index (χ1v) is 9.68. The molecule has 1 aliphatic rings. The van der Waals surface area contributed by atoms with Crippen molar-refractivity contribution in [1.82, 2.24) is 4.31 Å². The molecule has 146 valence electrons.